The van der Waals surface area contributed by atoms with Crippen LogP contribution in [0.1, 0.15) is 26.3 Å². The minimum atomic E-state index is -1.13. The van der Waals surface area contributed by atoms with Crippen LogP contribution < -0.4 is 9.47 Å². The molecule has 2 rings (SSSR count). The minimum Gasteiger partial charge on any atom is -0.493 e. The number of methoxy groups -OCH3 is 1. The van der Waals surface area contributed by atoms with Crippen molar-refractivity contribution in [1.82, 2.24) is 4.90 Å². The summed E-state index contributed by atoms with van der Waals surface area (Å²) in [5, 5.41) is 8.73. The van der Waals surface area contributed by atoms with Gasteiger partial charge >= 0.3 is 5.97 Å². The number of hydrogen-bond donors (Lipinski definition) is 1. The molecule has 134 valence electrons. The van der Waals surface area contributed by atoms with Gasteiger partial charge in [0.15, 0.2) is 17.6 Å². The van der Waals surface area contributed by atoms with E-state index in [9.17, 15) is 14.4 Å². The largest absolute Gasteiger partial charge is 0.493 e. The van der Waals surface area contributed by atoms with E-state index in [-0.39, 0.29) is 27.8 Å². The number of aliphatic carboxylic acids is 1. The molecule has 1 aliphatic heterocycles. The first-order valence-corrected chi connectivity index (χ1v) is 8.41. The lowest BCUT2D eigenvalue weighted by Crippen LogP contribution is -2.34. The smallest absolute Gasteiger partial charge is 0.344 e. The number of para-hydroxylation sites is 1. The molecule has 7 nitrogen and oxygen atoms in total. The van der Waals surface area contributed by atoms with Crippen LogP contribution in [0.5, 0.6) is 11.5 Å². The fourth-order valence-electron chi connectivity index (χ4n) is 2.23. The first kappa shape index (κ1) is 18.9. The summed E-state index contributed by atoms with van der Waals surface area (Å²) in [4.78, 5) is 36.9. The molecule has 1 heterocycles. The van der Waals surface area contributed by atoms with E-state index in [1.165, 1.54) is 25.0 Å². The molecule has 0 radical (unpaired) electrons. The number of carbonyl (C=O) groups excluding carboxylic acids is 2. The summed E-state index contributed by atoms with van der Waals surface area (Å²) < 4.78 is 10.7. The number of carbonyl (C=O) groups is 3. The second kappa shape index (κ2) is 7.60. The van der Waals surface area contributed by atoms with E-state index in [0.717, 1.165) is 11.8 Å². The highest BCUT2D eigenvalue weighted by Gasteiger charge is 2.37. The molecule has 1 N–H and O–H groups in total. The average Bonchev–Trinajstić information content (AvgIpc) is 2.82. The molecular formula is C17H19NO6S. The molecule has 1 aromatic rings. The van der Waals surface area contributed by atoms with Gasteiger partial charge in [0, 0.05) is 11.6 Å². The van der Waals surface area contributed by atoms with Crippen molar-refractivity contribution in [3.05, 3.63) is 28.7 Å². The van der Waals surface area contributed by atoms with E-state index in [1.807, 2.05) is 0 Å². The van der Waals surface area contributed by atoms with Gasteiger partial charge in [-0.15, -0.1) is 0 Å². The van der Waals surface area contributed by atoms with E-state index in [1.54, 1.807) is 32.0 Å². The monoisotopic (exact) mass is 365 g/mol. The van der Waals surface area contributed by atoms with E-state index < -0.39 is 12.1 Å². The van der Waals surface area contributed by atoms with Crippen molar-refractivity contribution in [3.8, 4) is 11.5 Å². The molecule has 1 saturated heterocycles. The Morgan fingerprint density at radius 3 is 2.48 bits per heavy atom. The molecule has 25 heavy (non-hydrogen) atoms. The normalized spacial score (nSPS) is 17.3. The van der Waals surface area contributed by atoms with Crippen LogP contribution in [0.25, 0.3) is 6.08 Å². The summed E-state index contributed by atoms with van der Waals surface area (Å²) in [6.07, 6.45) is 0.411. The van der Waals surface area contributed by atoms with Crippen molar-refractivity contribution in [3.63, 3.8) is 0 Å². The molecule has 1 atom stereocenters. The standard InChI is InChI=1S/C17H19NO6S/c1-9(2)18-15(19)13(25-17(18)22)8-11-6-5-7-12(23-4)14(11)24-10(3)16(20)21/h5-10H,1-4H3,(H,20,21)/b13-8-/t10-/m0/s1. The number of imide groups is 1. The summed E-state index contributed by atoms with van der Waals surface area (Å²) >= 11 is 0.838. The SMILES string of the molecule is COc1cccc(/C=C2\SC(=O)N(C(C)C)C2=O)c1O[C@@H](C)C(=O)O. The number of hydrogen-bond acceptors (Lipinski definition) is 6. The highest BCUT2D eigenvalue weighted by Crippen LogP contribution is 2.38. The van der Waals surface area contributed by atoms with E-state index in [4.69, 9.17) is 14.6 Å². The van der Waals surface area contributed by atoms with Crippen LogP contribution in [0.4, 0.5) is 4.79 Å². The summed E-state index contributed by atoms with van der Waals surface area (Å²) in [6.45, 7) is 4.91. The molecule has 2 amide bonds. The van der Waals surface area contributed by atoms with Crippen molar-refractivity contribution >= 4 is 35.0 Å². The molecule has 1 aliphatic rings. The average molecular weight is 365 g/mol. The predicted octanol–water partition coefficient (Wildman–Crippen LogP) is 2.99. The fourth-order valence-corrected chi connectivity index (χ4v) is 3.18. The van der Waals surface area contributed by atoms with Crippen LogP contribution in [0.3, 0.4) is 0 Å². The van der Waals surface area contributed by atoms with Gasteiger partial charge in [0.1, 0.15) is 0 Å². The maximum Gasteiger partial charge on any atom is 0.344 e. The highest BCUT2D eigenvalue weighted by molar-refractivity contribution is 8.18. The van der Waals surface area contributed by atoms with Crippen LogP contribution in [0.15, 0.2) is 23.1 Å². The van der Waals surface area contributed by atoms with Gasteiger partial charge < -0.3 is 14.6 Å². The molecule has 0 aromatic heterocycles. The number of benzene rings is 1. The van der Waals surface area contributed by atoms with Gasteiger partial charge in [-0.25, -0.2) is 4.79 Å². The van der Waals surface area contributed by atoms with E-state index in [0.29, 0.717) is 11.3 Å². The van der Waals surface area contributed by atoms with Crippen molar-refractivity contribution < 1.29 is 29.0 Å². The minimum absolute atomic E-state index is 0.205. The number of carboxylic acids is 1. The predicted molar refractivity (Wildman–Crippen MR) is 93.7 cm³/mol. The van der Waals surface area contributed by atoms with Gasteiger partial charge in [-0.3, -0.25) is 14.5 Å². The Labute approximate surface area is 149 Å². The summed E-state index contributed by atoms with van der Waals surface area (Å²) in [6, 6.07) is 4.73. The van der Waals surface area contributed by atoms with Crippen molar-refractivity contribution in [2.45, 2.75) is 32.9 Å². The van der Waals surface area contributed by atoms with Crippen molar-refractivity contribution in [2.75, 3.05) is 7.11 Å². The summed E-state index contributed by atoms with van der Waals surface area (Å²) in [5.41, 5.74) is 0.460. The Kier molecular flexibility index (Phi) is 5.73. The number of ether oxygens (including phenoxy) is 2. The van der Waals surface area contributed by atoms with E-state index in [2.05, 4.69) is 0 Å². The van der Waals surface area contributed by atoms with Crippen molar-refractivity contribution in [1.29, 1.82) is 0 Å². The number of rotatable bonds is 6. The molecule has 0 aliphatic carbocycles. The zero-order valence-electron chi connectivity index (χ0n) is 14.3. The van der Waals surface area contributed by atoms with E-state index >= 15 is 0 Å². The lowest BCUT2D eigenvalue weighted by molar-refractivity contribution is -0.144. The molecule has 1 fully saturated rings. The first-order valence-electron chi connectivity index (χ1n) is 7.59. The van der Waals surface area contributed by atoms with Crippen LogP contribution in [0, 0.1) is 0 Å². The lowest BCUT2D eigenvalue weighted by atomic mass is 10.1. The molecular weight excluding hydrogens is 346 g/mol. The van der Waals surface area contributed by atoms with Gasteiger partial charge in [-0.2, -0.15) is 0 Å². The molecule has 0 saturated carbocycles. The van der Waals surface area contributed by atoms with Crippen LogP contribution >= 0.6 is 11.8 Å². The zero-order chi connectivity index (χ0) is 18.7. The summed E-state index contributed by atoms with van der Waals surface area (Å²) in [7, 11) is 1.43. The Morgan fingerprint density at radius 2 is 1.96 bits per heavy atom. The fraction of sp³-hybridized carbons (Fsp3) is 0.353. The quantitative estimate of drug-likeness (QED) is 0.775. The van der Waals surface area contributed by atoms with Crippen LogP contribution in [-0.4, -0.2) is 46.4 Å². The van der Waals surface area contributed by atoms with Gasteiger partial charge in [0.25, 0.3) is 11.1 Å². The first-order chi connectivity index (χ1) is 11.8. The second-order valence-electron chi connectivity index (χ2n) is 5.62. The number of thioether (sulfide) groups is 1. The third-order valence-electron chi connectivity index (χ3n) is 3.50. The second-order valence-corrected chi connectivity index (χ2v) is 6.62. The molecule has 0 unspecified atom stereocenters. The zero-order valence-corrected chi connectivity index (χ0v) is 15.1. The third-order valence-corrected chi connectivity index (χ3v) is 4.38. The Bertz CT molecular complexity index is 743. The number of carboxylic acid groups (broad SMARTS) is 1. The van der Waals surface area contributed by atoms with Crippen molar-refractivity contribution in [2.24, 2.45) is 0 Å². The third kappa shape index (κ3) is 3.96. The lowest BCUT2D eigenvalue weighted by Gasteiger charge is -2.17. The molecule has 1 aromatic carbocycles. The molecule has 8 heteroatoms. The summed E-state index contributed by atoms with van der Waals surface area (Å²) in [5.74, 6) is -0.969. The number of amides is 2. The van der Waals surface area contributed by atoms with Gasteiger partial charge in [0.05, 0.1) is 12.0 Å². The van der Waals surface area contributed by atoms with Gasteiger partial charge in [0.2, 0.25) is 0 Å². The topological polar surface area (TPSA) is 93.1 Å². The maximum absolute atomic E-state index is 12.4. The van der Waals surface area contributed by atoms with Crippen LogP contribution in [-0.2, 0) is 9.59 Å². The Morgan fingerprint density at radius 1 is 1.28 bits per heavy atom. The Hall–Kier alpha value is -2.48. The van der Waals surface area contributed by atoms with Gasteiger partial charge in [-0.1, -0.05) is 12.1 Å². The number of nitrogens with zero attached hydrogens (tertiary/aromatic N) is 1. The van der Waals surface area contributed by atoms with Gasteiger partial charge in [-0.05, 0) is 44.7 Å². The molecule has 0 spiro atoms. The highest BCUT2D eigenvalue weighted by atomic mass is 32.2. The molecule has 0 bridgehead atoms. The maximum atomic E-state index is 12.4. The Balaban J connectivity index is 2.44. The van der Waals surface area contributed by atoms with Crippen LogP contribution in [0.2, 0.25) is 0 Å².